The van der Waals surface area contributed by atoms with Crippen molar-refractivity contribution in [2.45, 2.75) is 68.2 Å². The van der Waals surface area contributed by atoms with Gasteiger partial charge in [0.15, 0.2) is 12.5 Å². The van der Waals surface area contributed by atoms with Crippen molar-refractivity contribution in [3.8, 4) is 0 Å². The van der Waals surface area contributed by atoms with Crippen LogP contribution in [0.15, 0.2) is 6.20 Å². The zero-order valence-corrected chi connectivity index (χ0v) is 17.6. The summed E-state index contributed by atoms with van der Waals surface area (Å²) in [6.45, 7) is 0.515. The number of aromatic nitrogens is 2. The van der Waals surface area contributed by atoms with E-state index >= 15 is 0 Å². The molecule has 0 radical (unpaired) electrons. The summed E-state index contributed by atoms with van der Waals surface area (Å²) in [5.41, 5.74) is 11.0. The Morgan fingerprint density at radius 1 is 0.758 bits per heavy atom. The first kappa shape index (κ1) is 25.8. The highest BCUT2D eigenvalue weighted by molar-refractivity contribution is 5.45. The number of aliphatic hydroxyl groups is 8. The zero-order chi connectivity index (χ0) is 24.3. The van der Waals surface area contributed by atoms with Crippen LogP contribution in [0.1, 0.15) is 5.56 Å². The van der Waals surface area contributed by atoms with Gasteiger partial charge in [-0.1, -0.05) is 0 Å². The number of nitrogens with one attached hydrogen (secondary N) is 4. The third-order valence-electron chi connectivity index (χ3n) is 5.42. The molecule has 2 aliphatic heterocycles. The lowest BCUT2D eigenvalue weighted by atomic mass is 9.99. The number of aliphatic hydroxyl groups excluding tert-OH is 8. The molecule has 0 spiro atoms. The van der Waals surface area contributed by atoms with Crippen molar-refractivity contribution in [3.05, 3.63) is 11.8 Å². The predicted molar refractivity (Wildman–Crippen MR) is 108 cm³/mol. The second kappa shape index (κ2) is 11.1. The van der Waals surface area contributed by atoms with Crippen LogP contribution in [0.5, 0.6) is 0 Å². The standard InChI is InChI=1S/C17H30N6O10/c1-5-2-18-17(23-22-16-13(31)11(29)9(27)7(4-25)33-16)19-14(5)20-21-15-12(30)10(28)8(26)6(3-24)32-15/h2,6-13,15-16,21-22,24-31H,3-4H2,1H3,(H2,18,19,20,23)/t6-,7-,8-,9-,10+,11+,12-,13-,15?,16?/m1/s1. The van der Waals surface area contributed by atoms with E-state index in [0.717, 1.165) is 0 Å². The molecule has 0 amide bonds. The molecule has 16 heteroatoms. The van der Waals surface area contributed by atoms with E-state index in [0.29, 0.717) is 5.56 Å². The fraction of sp³-hybridized carbons (Fsp3) is 0.765. The first-order valence-corrected chi connectivity index (χ1v) is 10.2. The lowest BCUT2D eigenvalue weighted by Gasteiger charge is -2.40. The molecule has 0 aliphatic carbocycles. The normalized spacial score (nSPS) is 39.3. The minimum atomic E-state index is -1.56. The molecule has 0 saturated carbocycles. The Hall–Kier alpha value is -1.80. The number of hydrazine groups is 2. The number of aryl methyl sites for hydroxylation is 1. The number of anilines is 2. The summed E-state index contributed by atoms with van der Waals surface area (Å²) in [6.07, 6.45) is -12.3. The Labute approximate surface area is 187 Å². The van der Waals surface area contributed by atoms with Gasteiger partial charge in [0.05, 0.1) is 13.2 Å². The lowest BCUT2D eigenvalue weighted by molar-refractivity contribution is -0.235. The van der Waals surface area contributed by atoms with E-state index in [9.17, 15) is 40.9 Å². The van der Waals surface area contributed by atoms with Gasteiger partial charge in [0.1, 0.15) is 54.6 Å². The van der Waals surface area contributed by atoms with Gasteiger partial charge in [0.2, 0.25) is 5.95 Å². The number of nitrogens with zero attached hydrogens (tertiary/aromatic N) is 2. The predicted octanol–water partition coefficient (Wildman–Crippen LogP) is -5.78. The zero-order valence-electron chi connectivity index (χ0n) is 17.6. The Balaban J connectivity index is 1.60. The first-order valence-electron chi connectivity index (χ1n) is 10.2. The van der Waals surface area contributed by atoms with Crippen molar-refractivity contribution >= 4 is 11.8 Å². The van der Waals surface area contributed by atoms with Crippen LogP contribution in [0.2, 0.25) is 0 Å². The van der Waals surface area contributed by atoms with Crippen LogP contribution in [0.3, 0.4) is 0 Å². The fourth-order valence-electron chi connectivity index (χ4n) is 3.35. The van der Waals surface area contributed by atoms with Crippen molar-refractivity contribution in [2.24, 2.45) is 0 Å². The van der Waals surface area contributed by atoms with Crippen LogP contribution in [0, 0.1) is 6.92 Å². The monoisotopic (exact) mass is 478 g/mol. The van der Waals surface area contributed by atoms with Gasteiger partial charge >= 0.3 is 0 Å². The number of rotatable bonds is 8. The van der Waals surface area contributed by atoms with Crippen LogP contribution in [0.25, 0.3) is 0 Å². The fourth-order valence-corrected chi connectivity index (χ4v) is 3.35. The van der Waals surface area contributed by atoms with E-state index in [1.165, 1.54) is 6.20 Å². The van der Waals surface area contributed by atoms with Crippen molar-refractivity contribution in [3.63, 3.8) is 0 Å². The first-order chi connectivity index (χ1) is 15.7. The van der Waals surface area contributed by atoms with Crippen LogP contribution in [-0.4, -0.2) is 125 Å². The molecular weight excluding hydrogens is 448 g/mol. The second-order valence-electron chi connectivity index (χ2n) is 7.76. The van der Waals surface area contributed by atoms with E-state index in [1.807, 2.05) is 0 Å². The molecule has 10 atom stereocenters. The summed E-state index contributed by atoms with van der Waals surface area (Å²) in [6, 6.07) is 0. The van der Waals surface area contributed by atoms with Gasteiger partial charge in [0, 0.05) is 11.8 Å². The second-order valence-corrected chi connectivity index (χ2v) is 7.76. The lowest BCUT2D eigenvalue weighted by Crippen LogP contribution is -2.63. The Kier molecular flexibility index (Phi) is 8.67. The molecular formula is C17H30N6O10. The van der Waals surface area contributed by atoms with Crippen LogP contribution >= 0.6 is 0 Å². The molecule has 188 valence electrons. The summed E-state index contributed by atoms with van der Waals surface area (Å²) in [4.78, 5) is 8.22. The minimum absolute atomic E-state index is 0.00402. The largest absolute Gasteiger partial charge is 0.394 e. The molecule has 2 unspecified atom stereocenters. The van der Waals surface area contributed by atoms with E-state index < -0.39 is 74.5 Å². The van der Waals surface area contributed by atoms with E-state index in [-0.39, 0.29) is 11.8 Å². The molecule has 2 fully saturated rings. The average molecular weight is 478 g/mol. The van der Waals surface area contributed by atoms with Crippen LogP contribution in [-0.2, 0) is 9.47 Å². The van der Waals surface area contributed by atoms with Crippen LogP contribution in [0.4, 0.5) is 11.8 Å². The smallest absolute Gasteiger partial charge is 0.239 e. The van der Waals surface area contributed by atoms with Crippen molar-refractivity contribution < 1.29 is 50.3 Å². The summed E-state index contributed by atoms with van der Waals surface area (Å²) < 4.78 is 10.6. The number of ether oxygens (including phenoxy) is 2. The molecule has 2 aliphatic rings. The number of hydrogen-bond donors (Lipinski definition) is 12. The topological polar surface area (TPSA) is 254 Å². The number of hydrogen-bond acceptors (Lipinski definition) is 16. The van der Waals surface area contributed by atoms with Gasteiger partial charge in [-0.2, -0.15) is 4.98 Å². The highest BCUT2D eigenvalue weighted by Crippen LogP contribution is 2.21. The third-order valence-corrected chi connectivity index (χ3v) is 5.42. The Morgan fingerprint density at radius 3 is 1.73 bits per heavy atom. The van der Waals surface area contributed by atoms with Gasteiger partial charge in [-0.25, -0.2) is 15.8 Å². The Morgan fingerprint density at radius 2 is 1.24 bits per heavy atom. The van der Waals surface area contributed by atoms with Gasteiger partial charge in [-0.3, -0.25) is 5.43 Å². The van der Waals surface area contributed by atoms with E-state index in [4.69, 9.17) is 9.47 Å². The van der Waals surface area contributed by atoms with E-state index in [2.05, 4.69) is 31.7 Å². The van der Waals surface area contributed by atoms with Crippen LogP contribution < -0.4 is 21.7 Å². The van der Waals surface area contributed by atoms with Gasteiger partial charge in [0.25, 0.3) is 0 Å². The van der Waals surface area contributed by atoms with Crippen molar-refractivity contribution in [2.75, 3.05) is 24.1 Å². The maximum atomic E-state index is 10.1. The molecule has 16 nitrogen and oxygen atoms in total. The van der Waals surface area contributed by atoms with E-state index in [1.54, 1.807) is 6.92 Å². The summed E-state index contributed by atoms with van der Waals surface area (Å²) in [5.74, 6) is 0.218. The molecule has 1 aromatic heterocycles. The molecule has 0 bridgehead atoms. The van der Waals surface area contributed by atoms with Gasteiger partial charge in [-0.05, 0) is 6.92 Å². The highest BCUT2D eigenvalue weighted by Gasteiger charge is 2.44. The maximum Gasteiger partial charge on any atom is 0.239 e. The Bertz CT molecular complexity index is 776. The molecule has 12 N–H and O–H groups in total. The minimum Gasteiger partial charge on any atom is -0.394 e. The molecule has 1 aromatic rings. The molecule has 3 heterocycles. The molecule has 0 aromatic carbocycles. The molecule has 2 saturated heterocycles. The summed E-state index contributed by atoms with van der Waals surface area (Å²) in [5, 5.41) is 78.0. The molecule has 3 rings (SSSR count). The summed E-state index contributed by atoms with van der Waals surface area (Å²) >= 11 is 0. The maximum absolute atomic E-state index is 10.1. The third kappa shape index (κ3) is 5.65. The summed E-state index contributed by atoms with van der Waals surface area (Å²) in [7, 11) is 0. The van der Waals surface area contributed by atoms with Crippen molar-refractivity contribution in [1.29, 1.82) is 0 Å². The quantitative estimate of drug-likeness (QED) is 0.155. The average Bonchev–Trinajstić information content (AvgIpc) is 2.81. The molecule has 33 heavy (non-hydrogen) atoms. The highest BCUT2D eigenvalue weighted by atomic mass is 16.6. The van der Waals surface area contributed by atoms with Gasteiger partial charge in [-0.15, -0.1) is 0 Å². The van der Waals surface area contributed by atoms with Gasteiger partial charge < -0.3 is 55.8 Å². The SMILES string of the molecule is Cc1cnc(NNC2O[C@H](CO)[C@@H](O)[C@H](O)[C@H]2O)nc1NNC1O[C@H](CO)[C@@H](O)[C@H](O)[C@H]1O. The van der Waals surface area contributed by atoms with Crippen molar-refractivity contribution in [1.82, 2.24) is 20.8 Å².